The third-order valence-electron chi connectivity index (χ3n) is 2.56. The van der Waals surface area contributed by atoms with E-state index in [1.807, 2.05) is 0 Å². The predicted octanol–water partition coefficient (Wildman–Crippen LogP) is 1.92. The molecule has 0 radical (unpaired) electrons. The molecule has 2 rings (SSSR count). The fourth-order valence-electron chi connectivity index (χ4n) is 1.45. The van der Waals surface area contributed by atoms with Crippen LogP contribution in [0.3, 0.4) is 0 Å². The molecule has 0 saturated heterocycles. The summed E-state index contributed by atoms with van der Waals surface area (Å²) in [5.41, 5.74) is 1.25. The van der Waals surface area contributed by atoms with Crippen LogP contribution in [0.4, 0.5) is 4.39 Å². The van der Waals surface area contributed by atoms with Crippen LogP contribution in [-0.4, -0.2) is 19.1 Å². The van der Waals surface area contributed by atoms with Crippen LogP contribution in [0.2, 0.25) is 0 Å². The Hall–Kier alpha value is -2.28. The van der Waals surface area contributed by atoms with E-state index in [4.69, 9.17) is 0 Å². The van der Waals surface area contributed by atoms with Gasteiger partial charge in [0.25, 0.3) is 10.0 Å². The van der Waals surface area contributed by atoms with Gasteiger partial charge in [0, 0.05) is 18.0 Å². The van der Waals surface area contributed by atoms with Gasteiger partial charge in [-0.1, -0.05) is 0 Å². The predicted molar refractivity (Wildman–Crippen MR) is 73.2 cm³/mol. The van der Waals surface area contributed by atoms with Gasteiger partial charge in [-0.2, -0.15) is 18.4 Å². The van der Waals surface area contributed by atoms with E-state index in [0.29, 0.717) is 5.71 Å². The van der Waals surface area contributed by atoms with E-state index >= 15 is 0 Å². The summed E-state index contributed by atoms with van der Waals surface area (Å²) in [5, 5.41) is 3.82. The molecule has 0 aliphatic rings. The highest BCUT2D eigenvalue weighted by Gasteiger charge is 2.12. The maximum absolute atomic E-state index is 12.8. The molecule has 104 valence electrons. The molecule has 0 aliphatic heterocycles. The van der Waals surface area contributed by atoms with Crippen LogP contribution in [0.5, 0.6) is 0 Å². The Kier molecular flexibility index (Phi) is 4.09. The molecule has 0 saturated carbocycles. The first-order chi connectivity index (χ1) is 9.49. The normalized spacial score (nSPS) is 12.2. The second kappa shape index (κ2) is 5.79. The molecular weight excluding hydrogens is 281 g/mol. The van der Waals surface area contributed by atoms with Gasteiger partial charge in [-0.25, -0.2) is 4.39 Å². The molecule has 0 atom stereocenters. The summed E-state index contributed by atoms with van der Waals surface area (Å²) < 4.78 is 36.6. The molecule has 2 aromatic rings. The molecular formula is C13H12FN3O2S. The van der Waals surface area contributed by atoms with Crippen molar-refractivity contribution in [3.05, 3.63) is 60.2 Å². The van der Waals surface area contributed by atoms with Crippen molar-refractivity contribution in [2.75, 3.05) is 0 Å². The summed E-state index contributed by atoms with van der Waals surface area (Å²) in [4.78, 5) is 5.92. The zero-order valence-corrected chi connectivity index (χ0v) is 11.4. The molecule has 1 aromatic heterocycles. The molecule has 0 spiro atoms. The van der Waals surface area contributed by atoms with Crippen molar-refractivity contribution >= 4 is 15.7 Å². The monoisotopic (exact) mass is 293 g/mol. The highest BCUT2D eigenvalue weighted by molar-refractivity contribution is 7.89. The van der Waals surface area contributed by atoms with Gasteiger partial charge >= 0.3 is 0 Å². The quantitative estimate of drug-likeness (QED) is 0.691. The van der Waals surface area contributed by atoms with Gasteiger partial charge in [-0.3, -0.25) is 4.98 Å². The second-order valence-electron chi connectivity index (χ2n) is 3.98. The van der Waals surface area contributed by atoms with Gasteiger partial charge in [0.15, 0.2) is 0 Å². The Balaban J connectivity index is 2.19. The Bertz CT molecular complexity index is 713. The van der Waals surface area contributed by atoms with Gasteiger partial charge in [0.05, 0.1) is 10.6 Å². The summed E-state index contributed by atoms with van der Waals surface area (Å²) in [6.45, 7) is 1.67. The van der Waals surface area contributed by atoms with Gasteiger partial charge in [0.2, 0.25) is 0 Å². The Morgan fingerprint density at radius 2 is 1.75 bits per heavy atom. The summed E-state index contributed by atoms with van der Waals surface area (Å²) in [5.74, 6) is -0.500. The number of pyridine rings is 1. The van der Waals surface area contributed by atoms with E-state index in [0.717, 1.165) is 17.7 Å². The molecule has 5 nitrogen and oxygen atoms in total. The number of hydrogen-bond acceptors (Lipinski definition) is 4. The highest BCUT2D eigenvalue weighted by atomic mass is 32.2. The second-order valence-corrected chi connectivity index (χ2v) is 5.64. The lowest BCUT2D eigenvalue weighted by Gasteiger charge is -2.05. The van der Waals surface area contributed by atoms with Gasteiger partial charge < -0.3 is 0 Å². The Labute approximate surface area is 116 Å². The van der Waals surface area contributed by atoms with Crippen molar-refractivity contribution in [1.82, 2.24) is 9.82 Å². The van der Waals surface area contributed by atoms with Crippen molar-refractivity contribution in [2.45, 2.75) is 11.8 Å². The number of benzene rings is 1. The van der Waals surface area contributed by atoms with E-state index in [9.17, 15) is 12.8 Å². The van der Waals surface area contributed by atoms with Crippen LogP contribution >= 0.6 is 0 Å². The molecule has 0 unspecified atom stereocenters. The molecule has 0 bridgehead atoms. The largest absolute Gasteiger partial charge is 0.276 e. The highest BCUT2D eigenvalue weighted by Crippen LogP contribution is 2.09. The molecule has 1 aromatic carbocycles. The fourth-order valence-corrected chi connectivity index (χ4v) is 2.31. The smallest absolute Gasteiger partial charge is 0.265 e. The summed E-state index contributed by atoms with van der Waals surface area (Å²) in [6.07, 6.45) is 3.17. The van der Waals surface area contributed by atoms with Crippen molar-refractivity contribution in [3.8, 4) is 0 Å². The van der Waals surface area contributed by atoms with Crippen molar-refractivity contribution in [1.29, 1.82) is 0 Å². The van der Waals surface area contributed by atoms with Crippen LogP contribution < -0.4 is 4.83 Å². The number of nitrogens with one attached hydrogen (secondary N) is 1. The first kappa shape index (κ1) is 14.1. The third-order valence-corrected chi connectivity index (χ3v) is 3.78. The topological polar surface area (TPSA) is 71.4 Å². The van der Waals surface area contributed by atoms with E-state index in [1.165, 1.54) is 12.1 Å². The maximum Gasteiger partial charge on any atom is 0.276 e. The zero-order chi connectivity index (χ0) is 14.6. The van der Waals surface area contributed by atoms with E-state index < -0.39 is 15.8 Å². The number of aromatic nitrogens is 1. The first-order valence-corrected chi connectivity index (χ1v) is 7.19. The number of hydrogen-bond donors (Lipinski definition) is 1. The average Bonchev–Trinajstić information content (AvgIpc) is 2.46. The van der Waals surface area contributed by atoms with Gasteiger partial charge in [-0.15, -0.1) is 0 Å². The van der Waals surface area contributed by atoms with E-state index in [1.54, 1.807) is 31.5 Å². The van der Waals surface area contributed by atoms with Crippen LogP contribution in [-0.2, 0) is 10.0 Å². The number of hydrazone groups is 1. The fraction of sp³-hybridized carbons (Fsp3) is 0.0769. The van der Waals surface area contributed by atoms with Crippen LogP contribution in [0, 0.1) is 5.82 Å². The van der Waals surface area contributed by atoms with E-state index in [2.05, 4.69) is 14.9 Å². The minimum atomic E-state index is -3.80. The Morgan fingerprint density at radius 3 is 2.35 bits per heavy atom. The lowest BCUT2D eigenvalue weighted by molar-refractivity contribution is 0.583. The SMILES string of the molecule is C/C(=N\NS(=O)(=O)c1ccc(F)cc1)c1ccncc1. The molecule has 0 amide bonds. The zero-order valence-electron chi connectivity index (χ0n) is 10.6. The molecule has 0 aliphatic carbocycles. The van der Waals surface area contributed by atoms with Crippen LogP contribution in [0.25, 0.3) is 0 Å². The van der Waals surface area contributed by atoms with Crippen molar-refractivity contribution < 1.29 is 12.8 Å². The van der Waals surface area contributed by atoms with Crippen molar-refractivity contribution in [2.24, 2.45) is 5.10 Å². The lowest BCUT2D eigenvalue weighted by atomic mass is 10.2. The Morgan fingerprint density at radius 1 is 1.15 bits per heavy atom. The van der Waals surface area contributed by atoms with Crippen LogP contribution in [0.1, 0.15) is 12.5 Å². The third kappa shape index (κ3) is 3.39. The molecule has 1 N–H and O–H groups in total. The summed E-state index contributed by atoms with van der Waals surface area (Å²) in [7, 11) is -3.80. The number of rotatable bonds is 4. The average molecular weight is 293 g/mol. The maximum atomic E-state index is 12.8. The van der Waals surface area contributed by atoms with Gasteiger partial charge in [0.1, 0.15) is 5.82 Å². The minimum Gasteiger partial charge on any atom is -0.265 e. The van der Waals surface area contributed by atoms with E-state index in [-0.39, 0.29) is 4.90 Å². The molecule has 0 fully saturated rings. The number of nitrogens with zero attached hydrogens (tertiary/aromatic N) is 2. The first-order valence-electron chi connectivity index (χ1n) is 5.71. The molecule has 1 heterocycles. The minimum absolute atomic E-state index is 0.0508. The lowest BCUT2D eigenvalue weighted by Crippen LogP contribution is -2.20. The van der Waals surface area contributed by atoms with Crippen molar-refractivity contribution in [3.63, 3.8) is 0 Å². The number of sulfonamides is 1. The molecule has 20 heavy (non-hydrogen) atoms. The summed E-state index contributed by atoms with van der Waals surface area (Å²) >= 11 is 0. The van der Waals surface area contributed by atoms with Crippen LogP contribution in [0.15, 0.2) is 58.8 Å². The summed E-state index contributed by atoms with van der Waals surface area (Å²) in [6, 6.07) is 7.93. The standard InChI is InChI=1S/C13H12FN3O2S/c1-10(11-6-8-15-9-7-11)16-17-20(18,19)13-4-2-12(14)3-5-13/h2-9,17H,1H3/b16-10+. The van der Waals surface area contributed by atoms with Gasteiger partial charge in [-0.05, 0) is 43.3 Å². The molecule has 7 heteroatoms. The number of halogens is 1.